The highest BCUT2D eigenvalue weighted by Crippen LogP contribution is 2.33. The molecular formula is C25H21N3O6. The number of carbonyl (C=O) groups is 1. The Bertz CT molecular complexity index is 1440. The molecule has 4 aromatic rings. The monoisotopic (exact) mass is 459 g/mol. The molecule has 1 amide bonds. The average molecular weight is 459 g/mol. The van der Waals surface area contributed by atoms with Crippen molar-refractivity contribution in [2.75, 3.05) is 32.8 Å². The van der Waals surface area contributed by atoms with E-state index in [1.807, 2.05) is 0 Å². The normalized spacial score (nSPS) is 12.3. The van der Waals surface area contributed by atoms with E-state index in [0.717, 1.165) is 0 Å². The molecule has 1 aromatic heterocycles. The zero-order valence-electron chi connectivity index (χ0n) is 18.5. The molecule has 0 spiro atoms. The number of nitrogens with one attached hydrogen (secondary N) is 1. The first-order valence-electron chi connectivity index (χ1n) is 10.5. The number of hydrogen-bond acceptors (Lipinski definition) is 7. The number of benzene rings is 3. The Labute approximate surface area is 194 Å². The van der Waals surface area contributed by atoms with Gasteiger partial charge in [0.1, 0.15) is 24.7 Å². The molecule has 0 saturated heterocycles. The lowest BCUT2D eigenvalue weighted by Crippen LogP contribution is -2.26. The minimum atomic E-state index is -0.475. The summed E-state index contributed by atoms with van der Waals surface area (Å²) in [5.41, 5.74) is 0.634. The van der Waals surface area contributed by atoms with Gasteiger partial charge in [-0.25, -0.2) is 0 Å². The lowest BCUT2D eigenvalue weighted by Gasteiger charge is -2.19. The molecule has 5 rings (SSSR count). The Morgan fingerprint density at radius 2 is 1.59 bits per heavy atom. The first kappa shape index (κ1) is 21.3. The maximum Gasteiger partial charge on any atom is 0.279 e. The van der Waals surface area contributed by atoms with Crippen molar-refractivity contribution in [3.8, 4) is 28.7 Å². The highest BCUT2D eigenvalue weighted by Gasteiger charge is 2.20. The van der Waals surface area contributed by atoms with Gasteiger partial charge in [0.25, 0.3) is 11.5 Å². The largest absolute Gasteiger partial charge is 0.497 e. The standard InChI is InChI=1S/C25H21N3O6/c1-31-17-12-16(13-18(14-17)32-2)28-25(30)20-6-4-3-5-19(20)23(27-28)24(29)26-15-7-8-21-22(11-15)34-10-9-33-21/h3-8,11-14H,9-10H2,1-2H3,(H,26,29). The predicted molar refractivity (Wildman–Crippen MR) is 126 cm³/mol. The van der Waals surface area contributed by atoms with Crippen molar-refractivity contribution in [1.29, 1.82) is 0 Å². The molecule has 0 bridgehead atoms. The van der Waals surface area contributed by atoms with E-state index in [0.29, 0.717) is 58.4 Å². The second-order valence-electron chi connectivity index (χ2n) is 7.49. The van der Waals surface area contributed by atoms with Crippen LogP contribution in [0.4, 0.5) is 5.69 Å². The van der Waals surface area contributed by atoms with Crippen LogP contribution in [0.15, 0.2) is 65.5 Å². The Morgan fingerprint density at radius 1 is 0.912 bits per heavy atom. The van der Waals surface area contributed by atoms with Crippen molar-refractivity contribution in [3.05, 3.63) is 76.7 Å². The number of hydrogen-bond donors (Lipinski definition) is 1. The van der Waals surface area contributed by atoms with E-state index in [1.54, 1.807) is 60.7 Å². The summed E-state index contributed by atoms with van der Waals surface area (Å²) in [6, 6.07) is 17.0. The summed E-state index contributed by atoms with van der Waals surface area (Å²) in [5.74, 6) is 1.66. The molecule has 0 saturated carbocycles. The molecule has 9 heteroatoms. The van der Waals surface area contributed by atoms with Crippen LogP contribution in [0.1, 0.15) is 10.5 Å². The molecule has 0 fully saturated rings. The number of nitrogens with zero attached hydrogens (tertiary/aromatic N) is 2. The molecule has 3 aromatic carbocycles. The maximum atomic E-state index is 13.3. The van der Waals surface area contributed by atoms with Crippen molar-refractivity contribution in [2.45, 2.75) is 0 Å². The van der Waals surface area contributed by atoms with Gasteiger partial charge in [-0.15, -0.1) is 0 Å². The van der Waals surface area contributed by atoms with Gasteiger partial charge in [0.15, 0.2) is 17.2 Å². The summed E-state index contributed by atoms with van der Waals surface area (Å²) in [5, 5.41) is 8.06. The quantitative estimate of drug-likeness (QED) is 0.488. The highest BCUT2D eigenvalue weighted by atomic mass is 16.6. The third kappa shape index (κ3) is 3.88. The van der Waals surface area contributed by atoms with Crippen LogP contribution >= 0.6 is 0 Å². The van der Waals surface area contributed by atoms with Crippen LogP contribution in [0, 0.1) is 0 Å². The number of rotatable bonds is 5. The average Bonchev–Trinajstić information content (AvgIpc) is 2.88. The van der Waals surface area contributed by atoms with Crippen molar-refractivity contribution >= 4 is 22.4 Å². The third-order valence-corrected chi connectivity index (χ3v) is 5.40. The van der Waals surface area contributed by atoms with Gasteiger partial charge in [0.05, 0.1) is 25.3 Å². The maximum absolute atomic E-state index is 13.3. The Kier molecular flexibility index (Phi) is 5.51. The summed E-state index contributed by atoms with van der Waals surface area (Å²) in [6.45, 7) is 0.913. The molecule has 172 valence electrons. The lowest BCUT2D eigenvalue weighted by atomic mass is 10.1. The van der Waals surface area contributed by atoms with Gasteiger partial charge in [-0.3, -0.25) is 9.59 Å². The molecule has 34 heavy (non-hydrogen) atoms. The molecule has 1 aliphatic rings. The molecule has 9 nitrogen and oxygen atoms in total. The number of ether oxygens (including phenoxy) is 4. The Hall–Kier alpha value is -4.53. The molecular weight excluding hydrogens is 438 g/mol. The molecule has 0 atom stereocenters. The van der Waals surface area contributed by atoms with Crippen LogP contribution in [-0.4, -0.2) is 43.1 Å². The third-order valence-electron chi connectivity index (χ3n) is 5.40. The van der Waals surface area contributed by atoms with E-state index in [2.05, 4.69) is 10.4 Å². The second-order valence-corrected chi connectivity index (χ2v) is 7.49. The fourth-order valence-corrected chi connectivity index (χ4v) is 3.76. The van der Waals surface area contributed by atoms with Gasteiger partial charge in [-0.1, -0.05) is 18.2 Å². The smallest absolute Gasteiger partial charge is 0.279 e. The molecule has 0 unspecified atom stereocenters. The van der Waals surface area contributed by atoms with Crippen LogP contribution < -0.4 is 29.8 Å². The summed E-state index contributed by atoms with van der Waals surface area (Å²) >= 11 is 0. The minimum Gasteiger partial charge on any atom is -0.497 e. The molecule has 0 radical (unpaired) electrons. The summed E-state index contributed by atoms with van der Waals surface area (Å²) in [7, 11) is 3.03. The number of aromatic nitrogens is 2. The van der Waals surface area contributed by atoms with Crippen molar-refractivity contribution in [1.82, 2.24) is 9.78 Å². The Balaban J connectivity index is 1.61. The SMILES string of the molecule is COc1cc(OC)cc(-n2nc(C(=O)Nc3ccc4c(c3)OCCO4)c3ccccc3c2=O)c1. The summed E-state index contributed by atoms with van der Waals surface area (Å²) < 4.78 is 23.0. The van der Waals surface area contributed by atoms with Gasteiger partial charge in [-0.05, 0) is 18.2 Å². The highest BCUT2D eigenvalue weighted by molar-refractivity contribution is 6.11. The summed E-state index contributed by atoms with van der Waals surface area (Å²) in [6.07, 6.45) is 0. The van der Waals surface area contributed by atoms with E-state index in [4.69, 9.17) is 18.9 Å². The van der Waals surface area contributed by atoms with Crippen molar-refractivity contribution < 1.29 is 23.7 Å². The van der Waals surface area contributed by atoms with Crippen molar-refractivity contribution in [3.63, 3.8) is 0 Å². The fourth-order valence-electron chi connectivity index (χ4n) is 3.76. The zero-order chi connectivity index (χ0) is 23.7. The number of amides is 1. The van der Waals surface area contributed by atoms with Gasteiger partial charge in [0.2, 0.25) is 0 Å². The van der Waals surface area contributed by atoms with E-state index in [-0.39, 0.29) is 11.3 Å². The second kappa shape index (κ2) is 8.78. The van der Waals surface area contributed by atoms with Crippen LogP contribution in [0.5, 0.6) is 23.0 Å². The predicted octanol–water partition coefficient (Wildman–Crippen LogP) is 3.43. The summed E-state index contributed by atoms with van der Waals surface area (Å²) in [4.78, 5) is 26.6. The number of carbonyl (C=O) groups excluding carboxylic acids is 1. The minimum absolute atomic E-state index is 0.0897. The van der Waals surface area contributed by atoms with Gasteiger partial charge >= 0.3 is 0 Å². The van der Waals surface area contributed by atoms with Crippen LogP contribution in [0.3, 0.4) is 0 Å². The molecule has 0 aliphatic carbocycles. The van der Waals surface area contributed by atoms with Crippen molar-refractivity contribution in [2.24, 2.45) is 0 Å². The van der Waals surface area contributed by atoms with E-state index in [9.17, 15) is 9.59 Å². The van der Waals surface area contributed by atoms with Gasteiger partial charge < -0.3 is 24.3 Å². The van der Waals surface area contributed by atoms with E-state index in [1.165, 1.54) is 18.9 Å². The van der Waals surface area contributed by atoms with E-state index < -0.39 is 5.91 Å². The Morgan fingerprint density at radius 3 is 2.29 bits per heavy atom. The lowest BCUT2D eigenvalue weighted by molar-refractivity contribution is 0.102. The number of fused-ring (bicyclic) bond motifs is 2. The van der Waals surface area contributed by atoms with Crippen LogP contribution in [0.2, 0.25) is 0 Å². The van der Waals surface area contributed by atoms with Gasteiger partial charge in [-0.2, -0.15) is 9.78 Å². The molecule has 1 N–H and O–H groups in total. The number of methoxy groups -OCH3 is 2. The van der Waals surface area contributed by atoms with E-state index >= 15 is 0 Å². The van der Waals surface area contributed by atoms with Gasteiger partial charge in [0, 0.05) is 35.3 Å². The molecule has 2 heterocycles. The topological polar surface area (TPSA) is 101 Å². The number of anilines is 1. The van der Waals surface area contributed by atoms with Crippen LogP contribution in [-0.2, 0) is 0 Å². The zero-order valence-corrected chi connectivity index (χ0v) is 18.5. The molecule has 1 aliphatic heterocycles. The first-order chi connectivity index (χ1) is 16.6. The first-order valence-corrected chi connectivity index (χ1v) is 10.5. The van der Waals surface area contributed by atoms with Crippen LogP contribution in [0.25, 0.3) is 16.5 Å². The fraction of sp³-hybridized carbons (Fsp3) is 0.160.